The lowest BCUT2D eigenvalue weighted by molar-refractivity contribution is -0.453. The molecule has 39 heavy (non-hydrogen) atoms. The number of hydrogen-bond acceptors (Lipinski definition) is 12. The van der Waals surface area contributed by atoms with E-state index < -0.39 is 29.7 Å². The standard InChI is InChI=1S/C27H32O12/c1-5-19-9-13-21(14-10-19)23(28)34-38-36-25(30)32-17-27(7-3,8-4)18-33-26(31)37-39-35-24(29)22-15-11-20(6-2)12-16-22/h9-16H,5-8,17-18H2,1-4H3. The average Bonchev–Trinajstić information content (AvgIpc) is 2.97. The third-order valence-electron chi connectivity index (χ3n) is 6.11. The number of carbonyl (C=O) groups excluding carboxylic acids is 4. The van der Waals surface area contributed by atoms with E-state index in [2.05, 4.69) is 29.6 Å². The van der Waals surface area contributed by atoms with Crippen molar-refractivity contribution in [3.05, 3.63) is 70.8 Å². The van der Waals surface area contributed by atoms with Crippen molar-refractivity contribution in [3.63, 3.8) is 0 Å². The van der Waals surface area contributed by atoms with Gasteiger partial charge < -0.3 is 9.47 Å². The van der Waals surface area contributed by atoms with Crippen molar-refractivity contribution in [1.82, 2.24) is 0 Å². The molecule has 2 aromatic rings. The fourth-order valence-electron chi connectivity index (χ4n) is 3.17. The van der Waals surface area contributed by atoms with Gasteiger partial charge in [-0.1, -0.05) is 52.0 Å². The van der Waals surface area contributed by atoms with Gasteiger partial charge in [-0.25, -0.2) is 29.0 Å². The van der Waals surface area contributed by atoms with Crippen LogP contribution in [0.1, 0.15) is 72.4 Å². The number of benzene rings is 2. The van der Waals surface area contributed by atoms with Gasteiger partial charge in [0.05, 0.1) is 21.2 Å². The fraction of sp³-hybridized carbons (Fsp3) is 0.407. The van der Waals surface area contributed by atoms with Crippen LogP contribution in [-0.4, -0.2) is 37.5 Å². The van der Waals surface area contributed by atoms with Crippen LogP contribution >= 0.6 is 0 Å². The third-order valence-corrected chi connectivity index (χ3v) is 6.11. The van der Waals surface area contributed by atoms with Crippen molar-refractivity contribution in [2.75, 3.05) is 13.2 Å². The Balaban J connectivity index is 1.70. The summed E-state index contributed by atoms with van der Waals surface area (Å²) in [5.74, 6) is -1.73. The molecule has 12 nitrogen and oxygen atoms in total. The molecule has 2 rings (SSSR count). The first kappa shape index (κ1) is 31.1. The highest BCUT2D eigenvalue weighted by molar-refractivity contribution is 5.89. The summed E-state index contributed by atoms with van der Waals surface area (Å²) in [5, 5.41) is 8.44. The van der Waals surface area contributed by atoms with Crippen molar-refractivity contribution < 1.29 is 58.3 Å². The highest BCUT2D eigenvalue weighted by atomic mass is 17.5. The van der Waals surface area contributed by atoms with Gasteiger partial charge in [-0.3, -0.25) is 9.78 Å². The Bertz CT molecular complexity index is 991. The summed E-state index contributed by atoms with van der Waals surface area (Å²) in [6, 6.07) is 13.2. The molecule has 0 aliphatic rings. The SMILES string of the molecule is CCc1ccc(C(=O)OOOC(=O)OCC(CC)(CC)COC(=O)OOOC(=O)c2ccc(CC)cc2)cc1. The van der Waals surface area contributed by atoms with Crippen molar-refractivity contribution in [1.29, 1.82) is 0 Å². The summed E-state index contributed by atoms with van der Waals surface area (Å²) in [6.45, 7) is 7.06. The first-order valence-electron chi connectivity index (χ1n) is 12.4. The first-order chi connectivity index (χ1) is 18.8. The van der Waals surface area contributed by atoms with Crippen LogP contribution in [0.2, 0.25) is 0 Å². The highest BCUT2D eigenvalue weighted by Crippen LogP contribution is 2.28. The number of hydrogen-bond donors (Lipinski definition) is 0. The molecular weight excluding hydrogens is 516 g/mol. The molecule has 212 valence electrons. The summed E-state index contributed by atoms with van der Waals surface area (Å²) in [7, 11) is 0. The van der Waals surface area contributed by atoms with Crippen LogP contribution in [0.15, 0.2) is 48.5 Å². The van der Waals surface area contributed by atoms with Gasteiger partial charge in [0.1, 0.15) is 13.2 Å². The quantitative estimate of drug-likeness (QED) is 0.164. The number of aryl methyl sites for hydroxylation is 2. The molecule has 0 atom stereocenters. The van der Waals surface area contributed by atoms with E-state index in [4.69, 9.17) is 9.47 Å². The van der Waals surface area contributed by atoms with Gasteiger partial charge in [0, 0.05) is 5.41 Å². The van der Waals surface area contributed by atoms with Crippen molar-refractivity contribution in [2.45, 2.75) is 53.4 Å². The molecule has 0 aromatic heterocycles. The Morgan fingerprint density at radius 2 is 0.923 bits per heavy atom. The lowest BCUT2D eigenvalue weighted by Gasteiger charge is -2.29. The monoisotopic (exact) mass is 548 g/mol. The molecule has 2 aromatic carbocycles. The van der Waals surface area contributed by atoms with Gasteiger partial charge in [-0.2, -0.15) is 0 Å². The second-order valence-corrected chi connectivity index (χ2v) is 8.43. The van der Waals surface area contributed by atoms with Crippen molar-refractivity contribution in [3.8, 4) is 0 Å². The summed E-state index contributed by atoms with van der Waals surface area (Å²) in [5.41, 5.74) is 1.66. The van der Waals surface area contributed by atoms with E-state index >= 15 is 0 Å². The van der Waals surface area contributed by atoms with E-state index in [1.54, 1.807) is 62.4 Å². The molecule has 0 saturated carbocycles. The zero-order valence-corrected chi connectivity index (χ0v) is 22.3. The van der Waals surface area contributed by atoms with Gasteiger partial charge in [0.15, 0.2) is 0 Å². The van der Waals surface area contributed by atoms with Crippen LogP contribution in [0.4, 0.5) is 9.59 Å². The van der Waals surface area contributed by atoms with Crippen LogP contribution in [0, 0.1) is 5.41 Å². The first-order valence-corrected chi connectivity index (χ1v) is 12.4. The summed E-state index contributed by atoms with van der Waals surface area (Å²) in [4.78, 5) is 65.0. The molecule has 0 fully saturated rings. The van der Waals surface area contributed by atoms with E-state index in [0.717, 1.165) is 24.0 Å². The van der Waals surface area contributed by atoms with Gasteiger partial charge in [-0.15, -0.1) is 0 Å². The fourth-order valence-corrected chi connectivity index (χ4v) is 3.17. The second-order valence-electron chi connectivity index (χ2n) is 8.43. The van der Waals surface area contributed by atoms with E-state index in [1.807, 2.05) is 13.8 Å². The maximum absolute atomic E-state index is 11.9. The molecule has 0 saturated heterocycles. The number of ether oxygens (including phenoxy) is 2. The molecule has 0 heterocycles. The minimum Gasteiger partial charge on any atom is -0.432 e. The number of rotatable bonds is 14. The summed E-state index contributed by atoms with van der Waals surface area (Å²) < 4.78 is 10.0. The molecule has 0 aliphatic heterocycles. The van der Waals surface area contributed by atoms with Crippen LogP contribution < -0.4 is 0 Å². The molecule has 0 aliphatic carbocycles. The molecule has 0 N–H and O–H groups in total. The Morgan fingerprint density at radius 3 is 1.23 bits per heavy atom. The normalized spacial score (nSPS) is 10.8. The zero-order chi connectivity index (χ0) is 28.7. The molecule has 0 spiro atoms. The third kappa shape index (κ3) is 10.3. The summed E-state index contributed by atoms with van der Waals surface area (Å²) in [6.07, 6.45) is -0.0848. The van der Waals surface area contributed by atoms with E-state index in [9.17, 15) is 19.2 Å². The Morgan fingerprint density at radius 1 is 0.564 bits per heavy atom. The minimum absolute atomic E-state index is 0.202. The predicted molar refractivity (Wildman–Crippen MR) is 133 cm³/mol. The maximum Gasteiger partial charge on any atom is 0.543 e. The Kier molecular flexibility index (Phi) is 12.7. The Labute approximate surface area is 225 Å². The lowest BCUT2D eigenvalue weighted by atomic mass is 9.84. The van der Waals surface area contributed by atoms with Gasteiger partial charge in [-0.05, 0) is 61.1 Å². The van der Waals surface area contributed by atoms with Crippen molar-refractivity contribution >= 4 is 24.2 Å². The van der Waals surface area contributed by atoms with Gasteiger partial charge in [0.2, 0.25) is 0 Å². The molecule has 0 amide bonds. The smallest absolute Gasteiger partial charge is 0.432 e. The molecule has 0 radical (unpaired) electrons. The molecular formula is C27H32O12. The van der Waals surface area contributed by atoms with Crippen LogP contribution in [0.5, 0.6) is 0 Å². The van der Waals surface area contributed by atoms with Gasteiger partial charge >= 0.3 is 24.2 Å². The van der Waals surface area contributed by atoms with Crippen LogP contribution in [-0.2, 0) is 51.9 Å². The average molecular weight is 549 g/mol. The largest absolute Gasteiger partial charge is 0.543 e. The van der Waals surface area contributed by atoms with E-state index in [-0.39, 0.29) is 24.3 Å². The van der Waals surface area contributed by atoms with Crippen molar-refractivity contribution in [2.24, 2.45) is 5.41 Å². The van der Waals surface area contributed by atoms with Gasteiger partial charge in [0.25, 0.3) is 0 Å². The number of carbonyl (C=O) groups is 4. The minimum atomic E-state index is -1.28. The summed E-state index contributed by atoms with van der Waals surface area (Å²) >= 11 is 0. The topological polar surface area (TPSA) is 142 Å². The molecule has 12 heteroatoms. The van der Waals surface area contributed by atoms with Crippen LogP contribution in [0.25, 0.3) is 0 Å². The second kappa shape index (κ2) is 15.9. The maximum atomic E-state index is 11.9. The van der Waals surface area contributed by atoms with Crippen LogP contribution in [0.3, 0.4) is 0 Å². The van der Waals surface area contributed by atoms with E-state index in [0.29, 0.717) is 12.8 Å². The lowest BCUT2D eigenvalue weighted by Crippen LogP contribution is -2.33. The predicted octanol–water partition coefficient (Wildman–Crippen LogP) is 5.63. The molecule has 0 bridgehead atoms. The zero-order valence-electron chi connectivity index (χ0n) is 22.3. The highest BCUT2D eigenvalue weighted by Gasteiger charge is 2.31. The van der Waals surface area contributed by atoms with E-state index in [1.165, 1.54) is 0 Å². The Hall–Kier alpha value is -4.16. The molecule has 0 unspecified atom stereocenters.